The van der Waals surface area contributed by atoms with Gasteiger partial charge in [-0.25, -0.2) is 0 Å². The Balaban J connectivity index is 1.95. The third-order valence-electron chi connectivity index (χ3n) is 4.06. The van der Waals surface area contributed by atoms with Gasteiger partial charge >= 0.3 is 0 Å². The van der Waals surface area contributed by atoms with Gasteiger partial charge < -0.3 is 24.1 Å². The van der Waals surface area contributed by atoms with Gasteiger partial charge in [0, 0.05) is 24.5 Å². The highest BCUT2D eigenvalue weighted by molar-refractivity contribution is 6.00. The molecule has 0 aliphatic carbocycles. The molecule has 2 aromatic rings. The number of nitrogens with one attached hydrogen (secondary N) is 1. The lowest BCUT2D eigenvalue weighted by Gasteiger charge is -2.35. The van der Waals surface area contributed by atoms with E-state index in [4.69, 9.17) is 14.2 Å². The second kappa shape index (κ2) is 6.12. The summed E-state index contributed by atoms with van der Waals surface area (Å²) < 4.78 is 16.3. The van der Waals surface area contributed by atoms with Crippen LogP contribution in [0.5, 0.6) is 11.5 Å². The molecule has 124 valence electrons. The Kier molecular flexibility index (Phi) is 4.17. The van der Waals surface area contributed by atoms with E-state index >= 15 is 0 Å². The molecule has 1 aliphatic heterocycles. The van der Waals surface area contributed by atoms with E-state index in [0.29, 0.717) is 30.3 Å². The van der Waals surface area contributed by atoms with Gasteiger partial charge in [0.15, 0.2) is 0 Å². The third kappa shape index (κ3) is 2.99. The van der Waals surface area contributed by atoms with Crippen molar-refractivity contribution in [3.63, 3.8) is 0 Å². The van der Waals surface area contributed by atoms with Crippen molar-refractivity contribution in [2.24, 2.45) is 0 Å². The van der Waals surface area contributed by atoms with Gasteiger partial charge in [0.25, 0.3) is 5.91 Å². The number of hydrogen-bond acceptors (Lipinski definition) is 4. The standard InChI is InChI=1S/C17H22N2O4/c1-10-8-19(9-11(2)23-10)17(20)14-6-12-5-13(21-3)7-15(22-4)16(12)18-14/h5-7,10-11,18H,8-9H2,1-4H3. The maximum Gasteiger partial charge on any atom is 0.270 e. The van der Waals surface area contributed by atoms with Crippen LogP contribution in [-0.4, -0.2) is 55.3 Å². The van der Waals surface area contributed by atoms with Gasteiger partial charge in [-0.2, -0.15) is 0 Å². The largest absolute Gasteiger partial charge is 0.497 e. The molecular formula is C17H22N2O4. The molecule has 1 N–H and O–H groups in total. The Labute approximate surface area is 135 Å². The van der Waals surface area contributed by atoms with Crippen molar-refractivity contribution in [1.29, 1.82) is 0 Å². The Morgan fingerprint density at radius 3 is 2.48 bits per heavy atom. The van der Waals surface area contributed by atoms with Gasteiger partial charge in [-0.3, -0.25) is 4.79 Å². The van der Waals surface area contributed by atoms with Crippen LogP contribution in [0.15, 0.2) is 18.2 Å². The summed E-state index contributed by atoms with van der Waals surface area (Å²) in [6, 6.07) is 5.52. The van der Waals surface area contributed by atoms with Gasteiger partial charge in [0.05, 0.1) is 31.9 Å². The number of aromatic nitrogens is 1. The summed E-state index contributed by atoms with van der Waals surface area (Å²) in [5, 5.41) is 0.888. The second-order valence-electron chi connectivity index (χ2n) is 5.94. The van der Waals surface area contributed by atoms with Gasteiger partial charge in [-0.1, -0.05) is 0 Å². The predicted molar refractivity (Wildman–Crippen MR) is 87.3 cm³/mol. The first-order chi connectivity index (χ1) is 11.0. The molecule has 0 saturated carbocycles. The highest BCUT2D eigenvalue weighted by Crippen LogP contribution is 2.31. The Morgan fingerprint density at radius 2 is 1.87 bits per heavy atom. The highest BCUT2D eigenvalue weighted by Gasteiger charge is 2.27. The maximum atomic E-state index is 12.8. The summed E-state index contributed by atoms with van der Waals surface area (Å²) in [6.45, 7) is 5.15. The van der Waals surface area contributed by atoms with E-state index in [1.54, 1.807) is 20.3 Å². The fourth-order valence-electron chi connectivity index (χ4n) is 3.09. The molecule has 1 aromatic heterocycles. The van der Waals surface area contributed by atoms with Crippen molar-refractivity contribution < 1.29 is 19.0 Å². The number of ether oxygens (including phenoxy) is 3. The number of benzene rings is 1. The minimum Gasteiger partial charge on any atom is -0.497 e. The van der Waals surface area contributed by atoms with Gasteiger partial charge in [-0.05, 0) is 26.0 Å². The van der Waals surface area contributed by atoms with Gasteiger partial charge in [-0.15, -0.1) is 0 Å². The number of methoxy groups -OCH3 is 2. The summed E-state index contributed by atoms with van der Waals surface area (Å²) in [7, 11) is 3.21. The van der Waals surface area contributed by atoms with E-state index in [0.717, 1.165) is 10.9 Å². The molecule has 0 bridgehead atoms. The molecule has 1 saturated heterocycles. The van der Waals surface area contributed by atoms with Crippen LogP contribution in [0.2, 0.25) is 0 Å². The highest BCUT2D eigenvalue weighted by atomic mass is 16.5. The number of amides is 1. The van der Waals surface area contributed by atoms with Crippen molar-refractivity contribution >= 4 is 16.8 Å². The van der Waals surface area contributed by atoms with Crippen molar-refractivity contribution in [1.82, 2.24) is 9.88 Å². The van der Waals surface area contributed by atoms with Crippen molar-refractivity contribution in [3.05, 3.63) is 23.9 Å². The molecule has 2 unspecified atom stereocenters. The Morgan fingerprint density at radius 1 is 1.17 bits per heavy atom. The van der Waals surface area contributed by atoms with E-state index < -0.39 is 0 Å². The van der Waals surface area contributed by atoms with Crippen LogP contribution in [-0.2, 0) is 4.74 Å². The van der Waals surface area contributed by atoms with E-state index in [-0.39, 0.29) is 18.1 Å². The number of H-pyrrole nitrogens is 1. The maximum absolute atomic E-state index is 12.8. The molecule has 6 nitrogen and oxygen atoms in total. The average molecular weight is 318 g/mol. The summed E-state index contributed by atoms with van der Waals surface area (Å²) in [6.07, 6.45) is 0.0865. The molecule has 1 fully saturated rings. The fourth-order valence-corrected chi connectivity index (χ4v) is 3.09. The van der Waals surface area contributed by atoms with Crippen LogP contribution in [0.1, 0.15) is 24.3 Å². The summed E-state index contributed by atoms with van der Waals surface area (Å²) in [4.78, 5) is 17.8. The molecule has 0 spiro atoms. The van der Waals surface area contributed by atoms with E-state index in [2.05, 4.69) is 4.98 Å². The lowest BCUT2D eigenvalue weighted by molar-refractivity contribution is -0.0587. The minimum absolute atomic E-state index is 0.0239. The molecular weight excluding hydrogens is 296 g/mol. The van der Waals surface area contributed by atoms with E-state index in [9.17, 15) is 4.79 Å². The van der Waals surface area contributed by atoms with Crippen LogP contribution >= 0.6 is 0 Å². The first-order valence-corrected chi connectivity index (χ1v) is 7.71. The molecule has 2 atom stereocenters. The SMILES string of the molecule is COc1cc(OC)c2[nH]c(C(=O)N3CC(C)OC(C)C3)cc2c1. The zero-order chi connectivity index (χ0) is 16.6. The van der Waals surface area contributed by atoms with Crippen molar-refractivity contribution in [3.8, 4) is 11.5 Å². The number of morpholine rings is 1. The predicted octanol–water partition coefficient (Wildman–Crippen LogP) is 2.43. The quantitative estimate of drug-likeness (QED) is 0.944. The van der Waals surface area contributed by atoms with Crippen LogP contribution in [0.4, 0.5) is 0 Å². The number of fused-ring (bicyclic) bond motifs is 1. The molecule has 2 heterocycles. The van der Waals surface area contributed by atoms with Crippen LogP contribution in [0, 0.1) is 0 Å². The lowest BCUT2D eigenvalue weighted by atomic mass is 10.2. The second-order valence-corrected chi connectivity index (χ2v) is 5.94. The summed E-state index contributed by atoms with van der Waals surface area (Å²) in [5.74, 6) is 1.33. The van der Waals surface area contributed by atoms with E-state index in [1.807, 2.05) is 30.9 Å². The third-order valence-corrected chi connectivity index (χ3v) is 4.06. The number of nitrogens with zero attached hydrogens (tertiary/aromatic N) is 1. The number of aromatic amines is 1. The van der Waals surface area contributed by atoms with Crippen LogP contribution in [0.3, 0.4) is 0 Å². The summed E-state index contributed by atoms with van der Waals surface area (Å²) >= 11 is 0. The van der Waals surface area contributed by atoms with Crippen molar-refractivity contribution in [2.45, 2.75) is 26.1 Å². The number of hydrogen-bond donors (Lipinski definition) is 1. The molecule has 0 radical (unpaired) electrons. The smallest absolute Gasteiger partial charge is 0.270 e. The van der Waals surface area contributed by atoms with Gasteiger partial charge in [0.2, 0.25) is 0 Å². The van der Waals surface area contributed by atoms with Crippen LogP contribution < -0.4 is 9.47 Å². The molecule has 6 heteroatoms. The number of carbonyl (C=O) groups is 1. The zero-order valence-corrected chi connectivity index (χ0v) is 13.9. The Hall–Kier alpha value is -2.21. The monoisotopic (exact) mass is 318 g/mol. The molecule has 23 heavy (non-hydrogen) atoms. The minimum atomic E-state index is -0.0239. The molecule has 1 aromatic carbocycles. The average Bonchev–Trinajstić information content (AvgIpc) is 2.96. The molecule has 1 aliphatic rings. The normalized spacial score (nSPS) is 21.5. The molecule has 1 amide bonds. The number of carbonyl (C=O) groups excluding carboxylic acids is 1. The van der Waals surface area contributed by atoms with Crippen LogP contribution in [0.25, 0.3) is 10.9 Å². The Bertz CT molecular complexity index is 715. The van der Waals surface area contributed by atoms with E-state index in [1.165, 1.54) is 0 Å². The van der Waals surface area contributed by atoms with Gasteiger partial charge in [0.1, 0.15) is 17.2 Å². The lowest BCUT2D eigenvalue weighted by Crippen LogP contribution is -2.48. The molecule has 3 rings (SSSR count). The van der Waals surface area contributed by atoms with Crippen molar-refractivity contribution in [2.75, 3.05) is 27.3 Å². The summed E-state index contributed by atoms with van der Waals surface area (Å²) in [5.41, 5.74) is 1.35. The zero-order valence-electron chi connectivity index (χ0n) is 13.9. The first kappa shape index (κ1) is 15.7. The first-order valence-electron chi connectivity index (χ1n) is 7.71. The fraction of sp³-hybridized carbons (Fsp3) is 0.471. The topological polar surface area (TPSA) is 63.8 Å². The number of rotatable bonds is 3.